The molecule has 7 nitrogen and oxygen atoms in total. The summed E-state index contributed by atoms with van der Waals surface area (Å²) < 4.78 is 19.4. The number of aryl methyl sites for hydroxylation is 1. The van der Waals surface area contributed by atoms with E-state index in [0.717, 1.165) is 34.7 Å². The summed E-state index contributed by atoms with van der Waals surface area (Å²) in [6.07, 6.45) is -0.632. The molecule has 0 saturated heterocycles. The van der Waals surface area contributed by atoms with Crippen molar-refractivity contribution in [3.63, 3.8) is 0 Å². The maximum absolute atomic E-state index is 10.9. The van der Waals surface area contributed by atoms with E-state index in [2.05, 4.69) is 30.9 Å². The Kier molecular flexibility index (Phi) is 10.1. The highest BCUT2D eigenvalue weighted by Gasteiger charge is 2.24. The van der Waals surface area contributed by atoms with Crippen molar-refractivity contribution in [2.75, 3.05) is 26.8 Å². The summed E-state index contributed by atoms with van der Waals surface area (Å²) in [4.78, 5) is 2.25. The number of benzene rings is 3. The molecule has 0 aliphatic heterocycles. The Labute approximate surface area is 231 Å². The summed E-state index contributed by atoms with van der Waals surface area (Å²) in [6, 6.07) is 27.7. The Balaban J connectivity index is 1.57. The third-order valence-electron chi connectivity index (χ3n) is 6.29. The van der Waals surface area contributed by atoms with Crippen LogP contribution in [0.25, 0.3) is 11.3 Å². The molecule has 7 heteroatoms. The largest absolute Gasteiger partial charge is 0.497 e. The lowest BCUT2D eigenvalue weighted by Crippen LogP contribution is -2.37. The first-order valence-electron chi connectivity index (χ1n) is 13.4. The molecule has 1 heterocycles. The molecule has 0 unspecified atom stereocenters. The molecule has 0 aliphatic rings. The van der Waals surface area contributed by atoms with Crippen molar-refractivity contribution in [3.05, 3.63) is 96.1 Å². The van der Waals surface area contributed by atoms with Gasteiger partial charge in [-0.15, -0.1) is 0 Å². The lowest BCUT2D eigenvalue weighted by molar-refractivity contribution is 0.00671. The van der Waals surface area contributed by atoms with Gasteiger partial charge in [-0.05, 0) is 23.6 Å². The average molecular weight is 530 g/mol. The fourth-order valence-corrected chi connectivity index (χ4v) is 4.61. The second-order valence-electron chi connectivity index (χ2n) is 10.1. The Morgan fingerprint density at radius 3 is 2.28 bits per heavy atom. The summed E-state index contributed by atoms with van der Waals surface area (Å²) in [6.45, 7) is 6.93. The van der Waals surface area contributed by atoms with E-state index in [9.17, 15) is 5.11 Å². The molecule has 0 radical (unpaired) electrons. The van der Waals surface area contributed by atoms with Crippen LogP contribution in [0.2, 0.25) is 0 Å². The lowest BCUT2D eigenvalue weighted by Gasteiger charge is -2.27. The predicted octanol–water partition coefficient (Wildman–Crippen LogP) is 5.92. The SMILES string of the molecule is COc1cccc(Oc2c(CN(CC(C)C)C[C@H](O)COCc3ccccc3)c(-c3ccccc3)nn2C)c1. The predicted molar refractivity (Wildman–Crippen MR) is 154 cm³/mol. The van der Waals surface area contributed by atoms with E-state index in [-0.39, 0.29) is 6.61 Å². The Hall–Kier alpha value is -3.65. The van der Waals surface area contributed by atoms with Crippen LogP contribution >= 0.6 is 0 Å². The molecule has 3 aromatic carbocycles. The second-order valence-corrected chi connectivity index (χ2v) is 10.1. The first kappa shape index (κ1) is 28.4. The molecule has 1 aromatic heterocycles. The molecular formula is C32H39N3O4. The maximum atomic E-state index is 10.9. The van der Waals surface area contributed by atoms with Crippen LogP contribution in [0.3, 0.4) is 0 Å². The summed E-state index contributed by atoms with van der Waals surface area (Å²) in [7, 11) is 3.53. The summed E-state index contributed by atoms with van der Waals surface area (Å²) in [5.74, 6) is 2.45. The standard InChI is InChI=1S/C32H39N3O4/c1-24(2)19-35(20-27(36)23-38-22-25-12-7-5-8-13-25)21-30-31(26-14-9-6-10-15-26)33-34(3)32(30)39-29-17-11-16-28(18-29)37-4/h5-18,24,27,36H,19-23H2,1-4H3/t27-/m0/s1. The van der Waals surface area contributed by atoms with Gasteiger partial charge in [0.15, 0.2) is 0 Å². The Bertz CT molecular complexity index is 1290. The van der Waals surface area contributed by atoms with Gasteiger partial charge in [0.2, 0.25) is 5.88 Å². The molecule has 1 atom stereocenters. The fraction of sp³-hybridized carbons (Fsp3) is 0.344. The van der Waals surface area contributed by atoms with Gasteiger partial charge in [0, 0.05) is 38.3 Å². The monoisotopic (exact) mass is 529 g/mol. The maximum Gasteiger partial charge on any atom is 0.222 e. The van der Waals surface area contributed by atoms with Crippen LogP contribution in [0.5, 0.6) is 17.4 Å². The topological polar surface area (TPSA) is 69.0 Å². The van der Waals surface area contributed by atoms with Crippen molar-refractivity contribution in [1.82, 2.24) is 14.7 Å². The Morgan fingerprint density at radius 2 is 1.59 bits per heavy atom. The number of rotatable bonds is 14. The molecular weight excluding hydrogens is 490 g/mol. The number of hydrogen-bond donors (Lipinski definition) is 1. The smallest absolute Gasteiger partial charge is 0.222 e. The first-order chi connectivity index (χ1) is 18.9. The van der Waals surface area contributed by atoms with Crippen molar-refractivity contribution in [1.29, 1.82) is 0 Å². The van der Waals surface area contributed by atoms with Gasteiger partial charge in [-0.3, -0.25) is 4.90 Å². The average Bonchev–Trinajstić information content (AvgIpc) is 3.23. The molecule has 0 aliphatic carbocycles. The molecule has 0 amide bonds. The number of methoxy groups -OCH3 is 1. The number of aliphatic hydroxyl groups excluding tert-OH is 1. The van der Waals surface area contributed by atoms with Gasteiger partial charge in [-0.2, -0.15) is 5.10 Å². The molecule has 0 spiro atoms. The quantitative estimate of drug-likeness (QED) is 0.219. The van der Waals surface area contributed by atoms with Crippen LogP contribution in [-0.4, -0.2) is 52.7 Å². The van der Waals surface area contributed by atoms with Crippen LogP contribution in [0, 0.1) is 5.92 Å². The minimum atomic E-state index is -0.632. The number of ether oxygens (including phenoxy) is 3. The third kappa shape index (κ3) is 8.17. The van der Waals surface area contributed by atoms with Crippen molar-refractivity contribution in [2.45, 2.75) is 33.1 Å². The van der Waals surface area contributed by atoms with Gasteiger partial charge in [0.25, 0.3) is 0 Å². The van der Waals surface area contributed by atoms with Crippen molar-refractivity contribution in [2.24, 2.45) is 13.0 Å². The fourth-order valence-electron chi connectivity index (χ4n) is 4.61. The number of aliphatic hydroxyl groups is 1. The molecule has 1 N–H and O–H groups in total. The molecule has 0 bridgehead atoms. The highest BCUT2D eigenvalue weighted by atomic mass is 16.5. The normalized spacial score (nSPS) is 12.2. The summed E-state index contributed by atoms with van der Waals surface area (Å²) in [5.41, 5.74) is 3.93. The van der Waals surface area contributed by atoms with Gasteiger partial charge in [-0.25, -0.2) is 4.68 Å². The van der Waals surface area contributed by atoms with Gasteiger partial charge in [0.1, 0.15) is 17.2 Å². The van der Waals surface area contributed by atoms with Gasteiger partial charge in [0.05, 0.1) is 32.0 Å². The van der Waals surface area contributed by atoms with E-state index < -0.39 is 6.10 Å². The Morgan fingerprint density at radius 1 is 0.897 bits per heavy atom. The van der Waals surface area contributed by atoms with Crippen LogP contribution in [0.1, 0.15) is 25.0 Å². The zero-order valence-corrected chi connectivity index (χ0v) is 23.3. The summed E-state index contributed by atoms with van der Waals surface area (Å²) in [5, 5.41) is 15.8. The van der Waals surface area contributed by atoms with Crippen LogP contribution in [0.15, 0.2) is 84.9 Å². The third-order valence-corrected chi connectivity index (χ3v) is 6.29. The highest BCUT2D eigenvalue weighted by Crippen LogP contribution is 2.35. The van der Waals surface area contributed by atoms with E-state index >= 15 is 0 Å². The number of nitrogens with zero attached hydrogens (tertiary/aromatic N) is 3. The first-order valence-corrected chi connectivity index (χ1v) is 13.4. The molecule has 4 rings (SSSR count). The van der Waals surface area contributed by atoms with Crippen molar-refractivity contribution in [3.8, 4) is 28.6 Å². The van der Waals surface area contributed by atoms with Gasteiger partial charge in [-0.1, -0.05) is 80.6 Å². The molecule has 0 fully saturated rings. The van der Waals surface area contributed by atoms with Crippen LogP contribution in [0.4, 0.5) is 0 Å². The molecule has 39 heavy (non-hydrogen) atoms. The van der Waals surface area contributed by atoms with E-state index in [1.807, 2.05) is 79.8 Å². The number of hydrogen-bond acceptors (Lipinski definition) is 6. The van der Waals surface area contributed by atoms with Gasteiger partial charge < -0.3 is 19.3 Å². The zero-order chi connectivity index (χ0) is 27.6. The molecule has 206 valence electrons. The minimum Gasteiger partial charge on any atom is -0.497 e. The zero-order valence-electron chi connectivity index (χ0n) is 23.3. The highest BCUT2D eigenvalue weighted by molar-refractivity contribution is 5.65. The van der Waals surface area contributed by atoms with Gasteiger partial charge >= 0.3 is 0 Å². The van der Waals surface area contributed by atoms with Crippen molar-refractivity contribution >= 4 is 0 Å². The van der Waals surface area contributed by atoms with E-state index in [4.69, 9.17) is 19.3 Å². The van der Waals surface area contributed by atoms with E-state index in [1.165, 1.54) is 0 Å². The van der Waals surface area contributed by atoms with E-state index in [1.54, 1.807) is 11.8 Å². The molecule has 4 aromatic rings. The van der Waals surface area contributed by atoms with Crippen molar-refractivity contribution < 1.29 is 19.3 Å². The van der Waals surface area contributed by atoms with E-state index in [0.29, 0.717) is 37.2 Å². The van der Waals surface area contributed by atoms with Crippen LogP contribution < -0.4 is 9.47 Å². The molecule has 0 saturated carbocycles. The minimum absolute atomic E-state index is 0.259. The van der Waals surface area contributed by atoms with Crippen LogP contribution in [-0.2, 0) is 24.9 Å². The summed E-state index contributed by atoms with van der Waals surface area (Å²) >= 11 is 0. The number of aromatic nitrogens is 2. The second kappa shape index (κ2) is 13.9. The lowest BCUT2D eigenvalue weighted by atomic mass is 10.1.